The van der Waals surface area contributed by atoms with Crippen LogP contribution in [0.1, 0.15) is 22.3 Å². The number of alkyl halides is 2. The number of carbonyl (C=O) groups is 1. The van der Waals surface area contributed by atoms with E-state index in [2.05, 4.69) is 15.9 Å². The first-order chi connectivity index (χ1) is 7.69. The molecule has 1 rings (SSSR count). The third kappa shape index (κ3) is 3.80. The first-order valence-corrected chi connectivity index (χ1v) is 6.73. The average molecular weight is 306 g/mol. The summed E-state index contributed by atoms with van der Waals surface area (Å²) in [4.78, 5) is 11.5. The van der Waals surface area contributed by atoms with Crippen molar-refractivity contribution in [2.45, 2.75) is 13.3 Å². The monoisotopic (exact) mass is 304 g/mol. The van der Waals surface area contributed by atoms with Crippen molar-refractivity contribution < 1.29 is 9.53 Å². The van der Waals surface area contributed by atoms with E-state index in [1.165, 1.54) is 0 Å². The second kappa shape index (κ2) is 6.92. The van der Waals surface area contributed by atoms with Crippen molar-refractivity contribution in [3.8, 4) is 5.75 Å². The van der Waals surface area contributed by atoms with E-state index in [1.807, 2.05) is 19.1 Å². The molecule has 0 N–H and O–H groups in total. The molecule has 0 aromatic heterocycles. The van der Waals surface area contributed by atoms with Gasteiger partial charge in [-0.2, -0.15) is 0 Å². The Kier molecular flexibility index (Phi) is 5.85. The Hall–Kier alpha value is -0.540. The maximum atomic E-state index is 11.5. The number of benzene rings is 1. The Morgan fingerprint density at radius 3 is 2.81 bits per heavy atom. The highest BCUT2D eigenvalue weighted by Gasteiger charge is 2.08. The summed E-state index contributed by atoms with van der Waals surface area (Å²) in [7, 11) is 0. The third-order valence-electron chi connectivity index (χ3n) is 2.17. The molecule has 0 atom stereocenters. The molecule has 16 heavy (non-hydrogen) atoms. The van der Waals surface area contributed by atoms with Gasteiger partial charge in [-0.3, -0.25) is 4.79 Å². The van der Waals surface area contributed by atoms with Gasteiger partial charge in [0.05, 0.1) is 11.9 Å². The van der Waals surface area contributed by atoms with Gasteiger partial charge >= 0.3 is 0 Å². The first kappa shape index (κ1) is 13.5. The fraction of sp³-hybridized carbons (Fsp3) is 0.417. The second-order valence-electron chi connectivity index (χ2n) is 3.42. The van der Waals surface area contributed by atoms with E-state index in [0.29, 0.717) is 17.8 Å². The van der Waals surface area contributed by atoms with Crippen molar-refractivity contribution in [2.75, 3.05) is 17.8 Å². The maximum Gasteiger partial charge on any atom is 0.173 e. The van der Waals surface area contributed by atoms with Gasteiger partial charge in [0.15, 0.2) is 5.78 Å². The molecule has 0 unspecified atom stereocenters. The molecule has 2 nitrogen and oxygen atoms in total. The van der Waals surface area contributed by atoms with Gasteiger partial charge in [0.2, 0.25) is 0 Å². The van der Waals surface area contributed by atoms with Crippen LogP contribution in [-0.2, 0) is 0 Å². The van der Waals surface area contributed by atoms with E-state index in [4.69, 9.17) is 16.3 Å². The molecule has 0 heterocycles. The van der Waals surface area contributed by atoms with Crippen molar-refractivity contribution in [3.05, 3.63) is 29.3 Å². The lowest BCUT2D eigenvalue weighted by Crippen LogP contribution is -2.04. The Labute approximate surface area is 109 Å². The SMILES string of the molecule is Cc1cc(OCCCCl)ccc1C(=O)CBr. The molecule has 0 aliphatic heterocycles. The van der Waals surface area contributed by atoms with Crippen LogP contribution in [0.5, 0.6) is 5.75 Å². The summed E-state index contributed by atoms with van der Waals surface area (Å²) in [6.45, 7) is 2.51. The number of carbonyl (C=O) groups excluding carboxylic acids is 1. The lowest BCUT2D eigenvalue weighted by atomic mass is 10.1. The van der Waals surface area contributed by atoms with Gasteiger partial charge in [-0.25, -0.2) is 0 Å². The zero-order chi connectivity index (χ0) is 12.0. The molecular weight excluding hydrogens is 291 g/mol. The first-order valence-electron chi connectivity index (χ1n) is 5.07. The van der Waals surface area contributed by atoms with Crippen LogP contribution in [0, 0.1) is 6.92 Å². The summed E-state index contributed by atoms with van der Waals surface area (Å²) in [6.07, 6.45) is 0.822. The Bertz CT molecular complexity index is 366. The van der Waals surface area contributed by atoms with Crippen molar-refractivity contribution in [1.82, 2.24) is 0 Å². The van der Waals surface area contributed by atoms with Gasteiger partial charge in [0.1, 0.15) is 5.75 Å². The number of Topliss-reactive ketones (excluding diaryl/α,β-unsaturated/α-hetero) is 1. The van der Waals surface area contributed by atoms with Crippen LogP contribution in [0.15, 0.2) is 18.2 Å². The van der Waals surface area contributed by atoms with Crippen molar-refractivity contribution in [3.63, 3.8) is 0 Å². The Balaban J connectivity index is 2.71. The second-order valence-corrected chi connectivity index (χ2v) is 4.36. The van der Waals surface area contributed by atoms with E-state index in [0.717, 1.165) is 23.3 Å². The summed E-state index contributed by atoms with van der Waals surface area (Å²) in [5.74, 6) is 1.47. The number of hydrogen-bond acceptors (Lipinski definition) is 2. The lowest BCUT2D eigenvalue weighted by molar-refractivity contribution is 0.102. The average Bonchev–Trinajstić information content (AvgIpc) is 2.29. The van der Waals surface area contributed by atoms with Crippen LogP contribution in [0.2, 0.25) is 0 Å². The molecule has 4 heteroatoms. The number of hydrogen-bond donors (Lipinski definition) is 0. The lowest BCUT2D eigenvalue weighted by Gasteiger charge is -2.08. The van der Waals surface area contributed by atoms with E-state index in [1.54, 1.807) is 6.07 Å². The Morgan fingerprint density at radius 2 is 2.25 bits per heavy atom. The predicted octanol–water partition coefficient (Wildman–Crippen LogP) is 3.58. The molecule has 0 saturated heterocycles. The van der Waals surface area contributed by atoms with Gasteiger partial charge in [-0.05, 0) is 37.1 Å². The standard InChI is InChI=1S/C12H14BrClO2/c1-9-7-10(16-6-2-5-14)3-4-11(9)12(15)8-13/h3-4,7H,2,5-6,8H2,1H3. The number of rotatable bonds is 6. The largest absolute Gasteiger partial charge is 0.494 e. The number of aryl methyl sites for hydroxylation is 1. The molecule has 0 aliphatic carbocycles. The molecular formula is C12H14BrClO2. The molecule has 0 saturated carbocycles. The van der Waals surface area contributed by atoms with Crippen LogP contribution in [0.25, 0.3) is 0 Å². The molecule has 0 spiro atoms. The smallest absolute Gasteiger partial charge is 0.173 e. The third-order valence-corrected chi connectivity index (χ3v) is 2.94. The van der Waals surface area contributed by atoms with Crippen molar-refractivity contribution in [2.24, 2.45) is 0 Å². The molecule has 0 radical (unpaired) electrons. The van der Waals surface area contributed by atoms with Gasteiger partial charge in [0, 0.05) is 11.4 Å². The van der Waals surface area contributed by atoms with Crippen LogP contribution < -0.4 is 4.74 Å². The fourth-order valence-corrected chi connectivity index (χ4v) is 1.77. The number of halogens is 2. The zero-order valence-corrected chi connectivity index (χ0v) is 11.5. The highest BCUT2D eigenvalue weighted by molar-refractivity contribution is 9.09. The summed E-state index contributed by atoms with van der Waals surface area (Å²) in [5, 5.41) is 0.348. The van der Waals surface area contributed by atoms with Crippen LogP contribution in [0.4, 0.5) is 0 Å². The molecule has 0 bridgehead atoms. The topological polar surface area (TPSA) is 26.3 Å². The molecule has 1 aromatic carbocycles. The summed E-state index contributed by atoms with van der Waals surface area (Å²) in [6, 6.07) is 5.50. The minimum Gasteiger partial charge on any atom is -0.494 e. The van der Waals surface area contributed by atoms with Gasteiger partial charge in [-0.1, -0.05) is 15.9 Å². The molecule has 88 valence electrons. The predicted molar refractivity (Wildman–Crippen MR) is 70.1 cm³/mol. The van der Waals surface area contributed by atoms with E-state index < -0.39 is 0 Å². The van der Waals surface area contributed by atoms with Gasteiger partial charge in [-0.15, -0.1) is 11.6 Å². The van der Waals surface area contributed by atoms with Crippen LogP contribution in [-0.4, -0.2) is 23.6 Å². The van der Waals surface area contributed by atoms with E-state index >= 15 is 0 Å². The molecule has 0 amide bonds. The Morgan fingerprint density at radius 1 is 1.50 bits per heavy atom. The number of ether oxygens (including phenoxy) is 1. The zero-order valence-electron chi connectivity index (χ0n) is 9.13. The van der Waals surface area contributed by atoms with Gasteiger partial charge < -0.3 is 4.74 Å². The minimum atomic E-state index is 0.0878. The molecule has 1 aromatic rings. The van der Waals surface area contributed by atoms with Crippen LogP contribution in [0.3, 0.4) is 0 Å². The van der Waals surface area contributed by atoms with E-state index in [-0.39, 0.29) is 5.78 Å². The summed E-state index contributed by atoms with van der Waals surface area (Å²) >= 11 is 8.71. The van der Waals surface area contributed by atoms with Crippen LogP contribution >= 0.6 is 27.5 Å². The quantitative estimate of drug-likeness (QED) is 0.456. The number of ketones is 1. The van der Waals surface area contributed by atoms with Gasteiger partial charge in [0.25, 0.3) is 0 Å². The highest BCUT2D eigenvalue weighted by atomic mass is 79.9. The van der Waals surface area contributed by atoms with Crippen molar-refractivity contribution >= 4 is 33.3 Å². The normalized spacial score (nSPS) is 10.2. The fourth-order valence-electron chi connectivity index (χ4n) is 1.36. The highest BCUT2D eigenvalue weighted by Crippen LogP contribution is 2.18. The molecule has 0 aliphatic rings. The summed E-state index contributed by atoms with van der Waals surface area (Å²) < 4.78 is 5.49. The summed E-state index contributed by atoms with van der Waals surface area (Å²) in [5.41, 5.74) is 1.68. The van der Waals surface area contributed by atoms with E-state index in [9.17, 15) is 4.79 Å². The molecule has 0 fully saturated rings. The van der Waals surface area contributed by atoms with Crippen molar-refractivity contribution in [1.29, 1.82) is 0 Å². The maximum absolute atomic E-state index is 11.5. The minimum absolute atomic E-state index is 0.0878.